The van der Waals surface area contributed by atoms with Crippen LogP contribution in [0.5, 0.6) is 0 Å². The Bertz CT molecular complexity index is 1230. The number of fused-ring (bicyclic) bond motifs is 8. The molecule has 5 heteroatoms. The molecule has 10 atom stereocenters. The second kappa shape index (κ2) is 8.08. The second-order valence-corrected chi connectivity index (χ2v) is 17.6. The molecular weight excluding hydrogens is 496 g/mol. The van der Waals surface area contributed by atoms with Gasteiger partial charge in [0, 0.05) is 16.7 Å². The molecular formula is C35H52N2O3. The lowest BCUT2D eigenvalue weighted by Gasteiger charge is -2.77. The summed E-state index contributed by atoms with van der Waals surface area (Å²) in [6.07, 6.45) is 8.54. The maximum atomic E-state index is 11.8. The molecule has 220 valence electrons. The smallest absolute Gasteiger partial charge is 0.112 e. The third-order valence-corrected chi connectivity index (χ3v) is 15.2. The number of aliphatic hydroxyl groups is 2. The average molecular weight is 549 g/mol. The number of aliphatic hydroxyl groups excluding tert-OH is 2. The zero-order valence-electron chi connectivity index (χ0n) is 26.3. The number of nitrogens with zero attached hydrogens (tertiary/aromatic N) is 2. The Balaban J connectivity index is 1.52. The molecule has 1 heterocycles. The number of hydrogen-bond donors (Lipinski definition) is 2. The number of epoxide rings is 1. The summed E-state index contributed by atoms with van der Waals surface area (Å²) in [4.78, 5) is 0. The van der Waals surface area contributed by atoms with Crippen LogP contribution in [-0.2, 0) is 4.74 Å². The van der Waals surface area contributed by atoms with E-state index in [4.69, 9.17) is 4.74 Å². The molecule has 1 spiro atoms. The summed E-state index contributed by atoms with van der Waals surface area (Å²) in [6, 6.07) is 4.73. The van der Waals surface area contributed by atoms with Gasteiger partial charge in [-0.3, -0.25) is 0 Å². The topological polar surface area (TPSA) is 101 Å². The Morgan fingerprint density at radius 2 is 1.55 bits per heavy atom. The highest BCUT2D eigenvalue weighted by Gasteiger charge is 2.81. The summed E-state index contributed by atoms with van der Waals surface area (Å²) in [5.41, 5.74) is -0.307. The lowest BCUT2D eigenvalue weighted by molar-refractivity contribution is -0.300. The molecule has 4 saturated carbocycles. The third-order valence-electron chi connectivity index (χ3n) is 15.2. The summed E-state index contributed by atoms with van der Waals surface area (Å²) in [5, 5.41) is 42.8. The molecule has 0 bridgehead atoms. The molecule has 40 heavy (non-hydrogen) atoms. The van der Waals surface area contributed by atoms with Crippen LogP contribution in [0, 0.1) is 78.3 Å². The fourth-order valence-electron chi connectivity index (χ4n) is 13.5. The van der Waals surface area contributed by atoms with Gasteiger partial charge >= 0.3 is 0 Å². The summed E-state index contributed by atoms with van der Waals surface area (Å²) in [6.45, 7) is 19.9. The highest BCUT2D eigenvalue weighted by atomic mass is 16.6. The maximum absolute atomic E-state index is 11.8. The van der Waals surface area contributed by atoms with Gasteiger partial charge in [0.05, 0.1) is 42.4 Å². The van der Waals surface area contributed by atoms with E-state index in [9.17, 15) is 20.7 Å². The van der Waals surface area contributed by atoms with Gasteiger partial charge in [-0.2, -0.15) is 10.5 Å². The van der Waals surface area contributed by atoms with Gasteiger partial charge in [0.2, 0.25) is 0 Å². The van der Waals surface area contributed by atoms with Crippen LogP contribution in [-0.4, -0.2) is 28.5 Å². The Kier molecular flexibility index (Phi) is 5.77. The number of nitriles is 2. The Labute approximate surface area is 242 Å². The van der Waals surface area contributed by atoms with Crippen molar-refractivity contribution in [3.8, 4) is 12.1 Å². The van der Waals surface area contributed by atoms with E-state index in [1.807, 2.05) is 0 Å². The van der Waals surface area contributed by atoms with E-state index < -0.39 is 11.5 Å². The molecule has 0 aromatic rings. The van der Waals surface area contributed by atoms with Gasteiger partial charge in [-0.05, 0) is 96.7 Å². The Morgan fingerprint density at radius 1 is 0.900 bits per heavy atom. The van der Waals surface area contributed by atoms with Crippen LogP contribution in [0.25, 0.3) is 0 Å². The van der Waals surface area contributed by atoms with E-state index in [1.54, 1.807) is 0 Å². The molecule has 5 nitrogen and oxygen atoms in total. The van der Waals surface area contributed by atoms with Crippen molar-refractivity contribution in [2.24, 2.45) is 55.7 Å². The van der Waals surface area contributed by atoms with Gasteiger partial charge in [-0.15, -0.1) is 0 Å². The first-order valence-electron chi connectivity index (χ1n) is 15.9. The second-order valence-electron chi connectivity index (χ2n) is 17.6. The summed E-state index contributed by atoms with van der Waals surface area (Å²) >= 11 is 0. The molecule has 0 radical (unpaired) electrons. The molecule has 0 aromatic carbocycles. The molecule has 6 rings (SSSR count). The first kappa shape index (κ1) is 28.6. The SMILES string of the molecule is CC1(C)CC[C@]2(C(O)CC#N)CC[C@]3(C)[C@H](C4(CO4)C[C@@H]4[C@@]5(C)CC(C#N)=C(O)C(C)(C)[C@@H]5CC[C@]43C)[C@]2(C)C1. The molecule has 6 aliphatic rings. The summed E-state index contributed by atoms with van der Waals surface area (Å²) < 4.78 is 6.71. The van der Waals surface area contributed by atoms with Crippen LogP contribution in [0.4, 0.5) is 0 Å². The van der Waals surface area contributed by atoms with Crippen LogP contribution >= 0.6 is 0 Å². The predicted molar refractivity (Wildman–Crippen MR) is 155 cm³/mol. The predicted octanol–water partition coefficient (Wildman–Crippen LogP) is 7.86. The van der Waals surface area contributed by atoms with Crippen molar-refractivity contribution in [1.82, 2.24) is 0 Å². The van der Waals surface area contributed by atoms with Crippen LogP contribution in [0.15, 0.2) is 11.3 Å². The van der Waals surface area contributed by atoms with Crippen molar-refractivity contribution in [2.45, 2.75) is 131 Å². The number of hydrogen-bond acceptors (Lipinski definition) is 5. The van der Waals surface area contributed by atoms with Gasteiger partial charge in [0.25, 0.3) is 0 Å². The zero-order valence-corrected chi connectivity index (χ0v) is 26.3. The highest BCUT2D eigenvalue weighted by Crippen LogP contribution is 2.83. The van der Waals surface area contributed by atoms with E-state index in [-0.39, 0.29) is 44.5 Å². The van der Waals surface area contributed by atoms with Crippen molar-refractivity contribution < 1.29 is 14.9 Å². The van der Waals surface area contributed by atoms with Crippen molar-refractivity contribution >= 4 is 0 Å². The fourth-order valence-corrected chi connectivity index (χ4v) is 13.5. The lowest BCUT2D eigenvalue weighted by Crippen LogP contribution is -2.74. The van der Waals surface area contributed by atoms with Crippen LogP contribution in [0.3, 0.4) is 0 Å². The number of allylic oxidation sites excluding steroid dienone is 2. The van der Waals surface area contributed by atoms with Gasteiger partial charge in [0.1, 0.15) is 5.76 Å². The largest absolute Gasteiger partial charge is 0.511 e. The third kappa shape index (κ3) is 3.16. The quantitative estimate of drug-likeness (QED) is 0.342. The molecule has 2 unspecified atom stereocenters. The molecule has 5 aliphatic carbocycles. The molecule has 1 saturated heterocycles. The lowest BCUT2D eigenvalue weighted by atomic mass is 9.27. The number of rotatable bonds is 2. The van der Waals surface area contributed by atoms with E-state index in [0.717, 1.165) is 58.0 Å². The van der Waals surface area contributed by atoms with Gasteiger partial charge < -0.3 is 14.9 Å². The van der Waals surface area contributed by atoms with Gasteiger partial charge in [0.15, 0.2) is 0 Å². The Morgan fingerprint density at radius 3 is 2.15 bits per heavy atom. The highest BCUT2D eigenvalue weighted by molar-refractivity contribution is 5.37. The fraction of sp³-hybridized carbons (Fsp3) is 0.886. The van der Waals surface area contributed by atoms with E-state index in [2.05, 4.69) is 67.5 Å². The average Bonchev–Trinajstić information content (AvgIpc) is 3.62. The number of ether oxygens (including phenoxy) is 1. The molecule has 1 aliphatic heterocycles. The Hall–Kier alpha value is -1.56. The van der Waals surface area contributed by atoms with Crippen molar-refractivity contribution in [2.75, 3.05) is 6.61 Å². The minimum atomic E-state index is -0.608. The van der Waals surface area contributed by atoms with Crippen molar-refractivity contribution in [3.05, 3.63) is 11.3 Å². The van der Waals surface area contributed by atoms with Crippen LogP contribution in [0.2, 0.25) is 0 Å². The summed E-state index contributed by atoms with van der Waals surface area (Å²) in [7, 11) is 0. The molecule has 0 aromatic heterocycles. The molecule has 2 N–H and O–H groups in total. The normalized spacial score (nSPS) is 52.7. The molecule has 5 fully saturated rings. The first-order chi connectivity index (χ1) is 18.4. The summed E-state index contributed by atoms with van der Waals surface area (Å²) in [5.74, 6) is 1.32. The van der Waals surface area contributed by atoms with Gasteiger partial charge in [-0.25, -0.2) is 0 Å². The minimum Gasteiger partial charge on any atom is -0.511 e. The van der Waals surface area contributed by atoms with Gasteiger partial charge in [-0.1, -0.05) is 55.4 Å². The van der Waals surface area contributed by atoms with Crippen LogP contribution in [0.1, 0.15) is 120 Å². The van der Waals surface area contributed by atoms with E-state index in [1.165, 1.54) is 0 Å². The molecule has 0 amide bonds. The first-order valence-corrected chi connectivity index (χ1v) is 15.9. The standard InChI is InChI=1S/C35H52N2O3/c1-28(2)12-14-34(25(38)10-16-36)15-13-32(7)27(33(34,8)20-28)35(21-40-35)18-24-30(5)17-22(19-37)26(39)29(3,4)23(30)9-11-31(24,32)6/h23-25,27,38-39H,9-15,17-18,20-21H2,1-8H3/t23-,24+,25?,27-,30-,31+,32+,33-,34+,35?/m0/s1. The van der Waals surface area contributed by atoms with E-state index >= 15 is 0 Å². The monoisotopic (exact) mass is 548 g/mol. The van der Waals surface area contributed by atoms with Crippen LogP contribution < -0.4 is 0 Å². The van der Waals surface area contributed by atoms with E-state index in [0.29, 0.717) is 35.5 Å². The zero-order chi connectivity index (χ0) is 29.4. The maximum Gasteiger partial charge on any atom is 0.112 e. The minimum absolute atomic E-state index is 0.0125. The van der Waals surface area contributed by atoms with Crippen molar-refractivity contribution in [3.63, 3.8) is 0 Å². The van der Waals surface area contributed by atoms with Crippen molar-refractivity contribution in [1.29, 1.82) is 10.5 Å².